The number of hydrogen-bond acceptors (Lipinski definition) is 3. The lowest BCUT2D eigenvalue weighted by Crippen LogP contribution is -2.40. The van der Waals surface area contributed by atoms with Gasteiger partial charge in [-0.15, -0.1) is 0 Å². The predicted octanol–water partition coefficient (Wildman–Crippen LogP) is 3.54. The van der Waals surface area contributed by atoms with E-state index in [1.54, 1.807) is 0 Å². The molecule has 0 unspecified atom stereocenters. The number of benzene rings is 2. The van der Waals surface area contributed by atoms with E-state index in [9.17, 15) is 9.59 Å². The van der Waals surface area contributed by atoms with Crippen LogP contribution in [-0.2, 0) is 16.1 Å². The number of likely N-dealkylation sites (tertiary alicyclic amines) is 1. The number of ether oxygens (including phenoxy) is 1. The van der Waals surface area contributed by atoms with E-state index in [4.69, 9.17) is 9.84 Å². The van der Waals surface area contributed by atoms with Crippen LogP contribution in [0.5, 0.6) is 0 Å². The SMILES string of the molecule is O=C(O)[C@@H]1CCCN1C(=O)OCc1ccc(-c2ccccc2)cc1. The molecule has 5 nitrogen and oxygen atoms in total. The first-order chi connectivity index (χ1) is 11.6. The van der Waals surface area contributed by atoms with Crippen LogP contribution >= 0.6 is 0 Å². The Morgan fingerprint density at radius 1 is 1.04 bits per heavy atom. The Bertz CT molecular complexity index is 712. The minimum absolute atomic E-state index is 0.136. The lowest BCUT2D eigenvalue weighted by molar-refractivity contribution is -0.141. The van der Waals surface area contributed by atoms with Crippen LogP contribution in [0.1, 0.15) is 18.4 Å². The third kappa shape index (κ3) is 3.56. The third-order valence-electron chi connectivity index (χ3n) is 4.20. The summed E-state index contributed by atoms with van der Waals surface area (Å²) >= 11 is 0. The fourth-order valence-corrected chi connectivity index (χ4v) is 2.89. The van der Waals surface area contributed by atoms with Crippen molar-refractivity contribution in [3.63, 3.8) is 0 Å². The van der Waals surface area contributed by atoms with Gasteiger partial charge in [0.05, 0.1) is 0 Å². The van der Waals surface area contributed by atoms with Crippen molar-refractivity contribution < 1.29 is 19.4 Å². The van der Waals surface area contributed by atoms with Crippen molar-refractivity contribution in [2.24, 2.45) is 0 Å². The van der Waals surface area contributed by atoms with Gasteiger partial charge in [0.25, 0.3) is 0 Å². The normalized spacial score (nSPS) is 16.8. The van der Waals surface area contributed by atoms with Gasteiger partial charge in [0.15, 0.2) is 0 Å². The van der Waals surface area contributed by atoms with Gasteiger partial charge in [-0.1, -0.05) is 54.6 Å². The number of carboxylic acids is 1. The summed E-state index contributed by atoms with van der Waals surface area (Å²) in [4.78, 5) is 24.5. The number of carbonyl (C=O) groups excluding carboxylic acids is 1. The molecule has 1 saturated heterocycles. The maximum absolute atomic E-state index is 12.1. The zero-order valence-electron chi connectivity index (χ0n) is 13.2. The Morgan fingerprint density at radius 2 is 1.71 bits per heavy atom. The van der Waals surface area contributed by atoms with Gasteiger partial charge in [0.2, 0.25) is 0 Å². The van der Waals surface area contributed by atoms with E-state index in [0.717, 1.165) is 16.7 Å². The van der Waals surface area contributed by atoms with Gasteiger partial charge in [-0.25, -0.2) is 9.59 Å². The molecule has 2 aromatic rings. The predicted molar refractivity (Wildman–Crippen MR) is 89.4 cm³/mol. The van der Waals surface area contributed by atoms with Gasteiger partial charge in [-0.2, -0.15) is 0 Å². The molecule has 2 aromatic carbocycles. The van der Waals surface area contributed by atoms with E-state index >= 15 is 0 Å². The molecule has 0 bridgehead atoms. The standard InChI is InChI=1S/C19H19NO4/c21-18(22)17-7-4-12-20(17)19(23)24-13-14-8-10-16(11-9-14)15-5-2-1-3-6-15/h1-3,5-6,8-11,17H,4,7,12-13H2,(H,21,22)/t17-/m0/s1. The fraction of sp³-hybridized carbons (Fsp3) is 0.263. The van der Waals surface area contributed by atoms with Crippen LogP contribution in [-0.4, -0.2) is 34.7 Å². The Kier molecular flexibility index (Phi) is 4.79. The van der Waals surface area contributed by atoms with Crippen molar-refractivity contribution in [2.45, 2.75) is 25.5 Å². The molecule has 0 radical (unpaired) electrons. The van der Waals surface area contributed by atoms with Crippen LogP contribution in [0.2, 0.25) is 0 Å². The maximum atomic E-state index is 12.1. The Labute approximate surface area is 140 Å². The van der Waals surface area contributed by atoms with Crippen molar-refractivity contribution in [3.05, 3.63) is 60.2 Å². The van der Waals surface area contributed by atoms with Crippen LogP contribution in [0.3, 0.4) is 0 Å². The molecule has 1 fully saturated rings. The molecule has 0 aliphatic carbocycles. The molecule has 3 rings (SSSR count). The van der Waals surface area contributed by atoms with Crippen molar-refractivity contribution in [1.82, 2.24) is 4.90 Å². The average Bonchev–Trinajstić information content (AvgIpc) is 3.11. The van der Waals surface area contributed by atoms with Crippen molar-refractivity contribution in [3.8, 4) is 11.1 Å². The third-order valence-corrected chi connectivity index (χ3v) is 4.20. The van der Waals surface area contributed by atoms with Gasteiger partial charge < -0.3 is 9.84 Å². The number of carbonyl (C=O) groups is 2. The maximum Gasteiger partial charge on any atom is 0.410 e. The smallest absolute Gasteiger partial charge is 0.410 e. The van der Waals surface area contributed by atoms with Gasteiger partial charge in [-0.05, 0) is 29.5 Å². The molecule has 0 saturated carbocycles. The topological polar surface area (TPSA) is 66.8 Å². The number of carboxylic acid groups (broad SMARTS) is 1. The quantitative estimate of drug-likeness (QED) is 0.933. The molecular formula is C19H19NO4. The van der Waals surface area contributed by atoms with Crippen LogP contribution in [0.15, 0.2) is 54.6 Å². The zero-order valence-corrected chi connectivity index (χ0v) is 13.2. The van der Waals surface area contributed by atoms with Crippen LogP contribution in [0.25, 0.3) is 11.1 Å². The van der Waals surface area contributed by atoms with Gasteiger partial charge >= 0.3 is 12.1 Å². The number of hydrogen-bond donors (Lipinski definition) is 1. The molecule has 1 aliphatic rings. The largest absolute Gasteiger partial charge is 0.480 e. The molecule has 0 aromatic heterocycles. The van der Waals surface area contributed by atoms with E-state index in [2.05, 4.69) is 0 Å². The number of rotatable bonds is 4. The summed E-state index contributed by atoms with van der Waals surface area (Å²) in [6.07, 6.45) is 0.612. The zero-order chi connectivity index (χ0) is 16.9. The molecule has 1 atom stereocenters. The lowest BCUT2D eigenvalue weighted by Gasteiger charge is -2.20. The lowest BCUT2D eigenvalue weighted by atomic mass is 10.0. The summed E-state index contributed by atoms with van der Waals surface area (Å²) in [7, 11) is 0. The molecule has 24 heavy (non-hydrogen) atoms. The second kappa shape index (κ2) is 7.17. The highest BCUT2D eigenvalue weighted by atomic mass is 16.6. The van der Waals surface area contributed by atoms with E-state index in [1.165, 1.54) is 4.90 Å². The van der Waals surface area contributed by atoms with Crippen LogP contribution < -0.4 is 0 Å². The molecule has 1 amide bonds. The van der Waals surface area contributed by atoms with E-state index in [0.29, 0.717) is 19.4 Å². The second-order valence-corrected chi connectivity index (χ2v) is 5.81. The van der Waals surface area contributed by atoms with E-state index in [1.807, 2.05) is 54.6 Å². The number of nitrogens with zero attached hydrogens (tertiary/aromatic N) is 1. The van der Waals surface area contributed by atoms with Crippen LogP contribution in [0, 0.1) is 0 Å². The monoisotopic (exact) mass is 325 g/mol. The first-order valence-corrected chi connectivity index (χ1v) is 7.96. The molecule has 124 valence electrons. The summed E-state index contributed by atoms with van der Waals surface area (Å²) in [6, 6.07) is 17.0. The highest BCUT2D eigenvalue weighted by Gasteiger charge is 2.34. The van der Waals surface area contributed by atoms with Gasteiger partial charge in [0.1, 0.15) is 12.6 Å². The summed E-state index contributed by atoms with van der Waals surface area (Å²) in [5.41, 5.74) is 3.09. The van der Waals surface area contributed by atoms with Crippen molar-refractivity contribution in [2.75, 3.05) is 6.54 Å². The average molecular weight is 325 g/mol. The number of aliphatic carboxylic acids is 1. The second-order valence-electron chi connectivity index (χ2n) is 5.81. The summed E-state index contributed by atoms with van der Waals surface area (Å²) in [5.74, 6) is -0.975. The minimum Gasteiger partial charge on any atom is -0.480 e. The van der Waals surface area contributed by atoms with Crippen LogP contribution in [0.4, 0.5) is 4.79 Å². The molecule has 1 heterocycles. The Balaban J connectivity index is 1.59. The van der Waals surface area contributed by atoms with E-state index < -0.39 is 18.1 Å². The first kappa shape index (κ1) is 16.1. The summed E-state index contributed by atoms with van der Waals surface area (Å²) in [5, 5.41) is 9.11. The molecular weight excluding hydrogens is 306 g/mol. The Hall–Kier alpha value is -2.82. The van der Waals surface area contributed by atoms with Crippen molar-refractivity contribution in [1.29, 1.82) is 0 Å². The first-order valence-electron chi connectivity index (χ1n) is 7.96. The van der Waals surface area contributed by atoms with Crippen molar-refractivity contribution >= 4 is 12.1 Å². The molecule has 1 N–H and O–H groups in total. The molecule has 5 heteroatoms. The highest BCUT2D eigenvalue weighted by Crippen LogP contribution is 2.21. The molecule has 0 spiro atoms. The highest BCUT2D eigenvalue weighted by molar-refractivity contribution is 5.80. The van der Waals surface area contributed by atoms with Gasteiger partial charge in [0, 0.05) is 6.54 Å². The Morgan fingerprint density at radius 3 is 2.38 bits per heavy atom. The summed E-state index contributed by atoms with van der Waals surface area (Å²) in [6.45, 7) is 0.569. The molecule has 1 aliphatic heterocycles. The minimum atomic E-state index is -0.975. The van der Waals surface area contributed by atoms with E-state index in [-0.39, 0.29) is 6.61 Å². The fourth-order valence-electron chi connectivity index (χ4n) is 2.89. The number of amides is 1. The summed E-state index contributed by atoms with van der Waals surface area (Å²) < 4.78 is 5.26. The van der Waals surface area contributed by atoms with Gasteiger partial charge in [-0.3, -0.25) is 4.90 Å².